The van der Waals surface area contributed by atoms with Gasteiger partial charge < -0.3 is 15.0 Å². The number of ether oxygens (including phenoxy) is 1. The molecule has 9 heteroatoms. The van der Waals surface area contributed by atoms with Gasteiger partial charge in [0.15, 0.2) is 0 Å². The van der Waals surface area contributed by atoms with Gasteiger partial charge in [0.1, 0.15) is 11.6 Å². The average molecular weight is 377 g/mol. The molecule has 0 aliphatic rings. The highest BCUT2D eigenvalue weighted by Crippen LogP contribution is 2.24. The predicted molar refractivity (Wildman–Crippen MR) is 92.4 cm³/mol. The molecule has 0 atom stereocenters. The van der Waals surface area contributed by atoms with E-state index in [2.05, 4.69) is 20.0 Å². The number of nitrogens with one attached hydrogen (secondary N) is 2. The van der Waals surface area contributed by atoms with Crippen molar-refractivity contribution in [1.29, 1.82) is 0 Å². The van der Waals surface area contributed by atoms with Crippen LogP contribution >= 0.6 is 0 Å². The topological polar surface area (TPSA) is 84.1 Å². The fourth-order valence-electron chi connectivity index (χ4n) is 2.45. The zero-order valence-corrected chi connectivity index (χ0v) is 13.8. The Hall–Kier alpha value is -3.36. The second-order valence-electron chi connectivity index (χ2n) is 5.65. The summed E-state index contributed by atoms with van der Waals surface area (Å²) in [5.74, 6) is -0.364. The number of aromatic nitrogens is 2. The molecule has 0 aliphatic carbocycles. The number of carbonyl (C=O) groups excluding carboxylic acids is 1. The lowest BCUT2D eigenvalue weighted by molar-refractivity contribution is -0.274. The van der Waals surface area contributed by atoms with Crippen LogP contribution in [0.25, 0.3) is 10.9 Å². The van der Waals surface area contributed by atoms with E-state index in [1.807, 2.05) is 0 Å². The highest BCUT2D eigenvalue weighted by Gasteiger charge is 2.30. The number of hydrogen-bond donors (Lipinski definition) is 2. The van der Waals surface area contributed by atoms with Crippen molar-refractivity contribution in [2.45, 2.75) is 19.2 Å². The number of benzene rings is 2. The quantitative estimate of drug-likeness (QED) is 0.714. The summed E-state index contributed by atoms with van der Waals surface area (Å²) in [4.78, 5) is 30.9. The van der Waals surface area contributed by atoms with Crippen molar-refractivity contribution in [3.8, 4) is 5.75 Å². The molecule has 27 heavy (non-hydrogen) atoms. The molecule has 0 aliphatic heterocycles. The van der Waals surface area contributed by atoms with Crippen molar-refractivity contribution in [2.24, 2.45) is 0 Å². The summed E-state index contributed by atoms with van der Waals surface area (Å²) in [6.45, 7) is 0. The number of carbonyl (C=O) groups is 1. The number of aryl methyl sites for hydroxylation is 1. The lowest BCUT2D eigenvalue weighted by Gasteiger charge is -2.10. The molecule has 0 bridgehead atoms. The molecule has 0 saturated heterocycles. The largest absolute Gasteiger partial charge is 0.573 e. The smallest absolute Gasteiger partial charge is 0.406 e. The lowest BCUT2D eigenvalue weighted by Crippen LogP contribution is -2.17. The highest BCUT2D eigenvalue weighted by molar-refractivity contribution is 5.90. The van der Waals surface area contributed by atoms with E-state index in [0.717, 1.165) is 12.1 Å². The fourth-order valence-corrected chi connectivity index (χ4v) is 2.45. The van der Waals surface area contributed by atoms with Gasteiger partial charge in [0, 0.05) is 18.5 Å². The van der Waals surface area contributed by atoms with Crippen molar-refractivity contribution < 1.29 is 22.7 Å². The summed E-state index contributed by atoms with van der Waals surface area (Å²) in [5.41, 5.74) is 0.586. The third-order valence-electron chi connectivity index (χ3n) is 3.62. The van der Waals surface area contributed by atoms with Crippen LogP contribution in [0.2, 0.25) is 0 Å². The number of amides is 1. The summed E-state index contributed by atoms with van der Waals surface area (Å²) in [7, 11) is 0. The second-order valence-corrected chi connectivity index (χ2v) is 5.65. The van der Waals surface area contributed by atoms with Crippen LogP contribution in [0.5, 0.6) is 5.75 Å². The van der Waals surface area contributed by atoms with E-state index in [0.29, 0.717) is 22.4 Å². The third kappa shape index (κ3) is 5.06. The molecule has 0 spiro atoms. The summed E-state index contributed by atoms with van der Waals surface area (Å²) in [5, 5.41) is 3.02. The number of nitrogens with zero attached hydrogens (tertiary/aromatic N) is 1. The molecule has 0 saturated carbocycles. The molecule has 3 aromatic rings. The molecular formula is C18H14F3N3O3. The molecule has 140 valence electrons. The Balaban J connectivity index is 1.59. The maximum atomic E-state index is 12.1. The number of H-pyrrole nitrogens is 1. The summed E-state index contributed by atoms with van der Waals surface area (Å²) >= 11 is 0. The van der Waals surface area contributed by atoms with Crippen LogP contribution in [-0.2, 0) is 11.2 Å². The number of aromatic amines is 1. The summed E-state index contributed by atoms with van der Waals surface area (Å²) in [6.07, 6.45) is -4.52. The van der Waals surface area contributed by atoms with E-state index in [1.54, 1.807) is 24.3 Å². The van der Waals surface area contributed by atoms with Crippen LogP contribution in [-0.4, -0.2) is 22.2 Å². The van der Waals surface area contributed by atoms with Crippen LogP contribution in [0, 0.1) is 0 Å². The SMILES string of the molecule is O=C(CCc1nc2ccccc2c(=O)[nH]1)Nc1ccc(OC(F)(F)F)cc1. The first-order valence-corrected chi connectivity index (χ1v) is 7.94. The van der Waals surface area contributed by atoms with Crippen molar-refractivity contribution in [3.63, 3.8) is 0 Å². The molecule has 1 amide bonds. The molecule has 2 N–H and O–H groups in total. The summed E-state index contributed by atoms with van der Waals surface area (Å²) < 4.78 is 40.1. The van der Waals surface area contributed by atoms with Crippen molar-refractivity contribution in [1.82, 2.24) is 9.97 Å². The molecule has 0 radical (unpaired) electrons. The number of halogens is 3. The molecule has 1 aromatic heterocycles. The zero-order chi connectivity index (χ0) is 19.4. The Kier molecular flexibility index (Phi) is 5.11. The average Bonchev–Trinajstić information content (AvgIpc) is 2.60. The molecular weight excluding hydrogens is 363 g/mol. The number of fused-ring (bicyclic) bond motifs is 1. The molecule has 2 aromatic carbocycles. The molecule has 1 heterocycles. The molecule has 0 fully saturated rings. The highest BCUT2D eigenvalue weighted by atomic mass is 19.4. The minimum atomic E-state index is -4.77. The maximum absolute atomic E-state index is 12.1. The normalized spacial score (nSPS) is 11.4. The lowest BCUT2D eigenvalue weighted by atomic mass is 10.2. The van der Waals surface area contributed by atoms with E-state index in [4.69, 9.17) is 0 Å². The van der Waals surface area contributed by atoms with Crippen LogP contribution in [0.3, 0.4) is 0 Å². The van der Waals surface area contributed by atoms with E-state index in [1.165, 1.54) is 12.1 Å². The summed E-state index contributed by atoms with van der Waals surface area (Å²) in [6, 6.07) is 11.7. The van der Waals surface area contributed by atoms with Crippen LogP contribution in [0.1, 0.15) is 12.2 Å². The Bertz CT molecular complexity index is 1010. The van der Waals surface area contributed by atoms with Crippen molar-refractivity contribution in [3.05, 3.63) is 64.7 Å². The zero-order valence-electron chi connectivity index (χ0n) is 13.8. The Labute approximate surface area is 151 Å². The first-order valence-electron chi connectivity index (χ1n) is 7.94. The van der Waals surface area contributed by atoms with Gasteiger partial charge in [0.25, 0.3) is 5.56 Å². The molecule has 0 unspecified atom stereocenters. The number of rotatable bonds is 5. The van der Waals surface area contributed by atoms with E-state index in [-0.39, 0.29) is 30.1 Å². The first kappa shape index (κ1) is 18.4. The van der Waals surface area contributed by atoms with E-state index >= 15 is 0 Å². The standard InChI is InChI=1S/C18H14F3N3O3/c19-18(20,21)27-12-7-5-11(6-8-12)22-16(25)10-9-15-23-14-4-2-1-3-13(14)17(26)24-15/h1-8H,9-10H2,(H,22,25)(H,23,24,26). The van der Waals surface area contributed by atoms with Crippen LogP contribution < -0.4 is 15.6 Å². The van der Waals surface area contributed by atoms with Crippen molar-refractivity contribution >= 4 is 22.5 Å². The maximum Gasteiger partial charge on any atom is 0.573 e. The van der Waals surface area contributed by atoms with Crippen molar-refractivity contribution in [2.75, 3.05) is 5.32 Å². The minimum absolute atomic E-state index is 0.0437. The molecule has 3 rings (SSSR count). The predicted octanol–water partition coefficient (Wildman–Crippen LogP) is 3.39. The van der Waals surface area contributed by atoms with Gasteiger partial charge >= 0.3 is 6.36 Å². The van der Waals surface area contributed by atoms with Gasteiger partial charge in [-0.3, -0.25) is 9.59 Å². The number of alkyl halides is 3. The Morgan fingerprint density at radius 1 is 1.11 bits per heavy atom. The number of anilines is 1. The number of hydrogen-bond acceptors (Lipinski definition) is 4. The monoisotopic (exact) mass is 377 g/mol. The molecule has 6 nitrogen and oxygen atoms in total. The van der Waals surface area contributed by atoms with Gasteiger partial charge in [-0.05, 0) is 36.4 Å². The van der Waals surface area contributed by atoms with Gasteiger partial charge in [-0.15, -0.1) is 13.2 Å². The fraction of sp³-hybridized carbons (Fsp3) is 0.167. The van der Waals surface area contributed by atoms with Gasteiger partial charge in [0.05, 0.1) is 10.9 Å². The minimum Gasteiger partial charge on any atom is -0.406 e. The Morgan fingerprint density at radius 3 is 2.52 bits per heavy atom. The third-order valence-corrected chi connectivity index (χ3v) is 3.62. The first-order chi connectivity index (χ1) is 12.8. The number of para-hydroxylation sites is 1. The van der Waals surface area contributed by atoms with Gasteiger partial charge in [0.2, 0.25) is 5.91 Å². The second kappa shape index (κ2) is 7.48. The van der Waals surface area contributed by atoms with E-state index in [9.17, 15) is 22.8 Å². The van der Waals surface area contributed by atoms with Gasteiger partial charge in [-0.1, -0.05) is 12.1 Å². The Morgan fingerprint density at radius 2 is 1.81 bits per heavy atom. The van der Waals surface area contributed by atoms with Crippen LogP contribution in [0.15, 0.2) is 53.3 Å². The van der Waals surface area contributed by atoms with Crippen LogP contribution in [0.4, 0.5) is 18.9 Å². The van der Waals surface area contributed by atoms with Gasteiger partial charge in [-0.25, -0.2) is 4.98 Å². The van der Waals surface area contributed by atoms with E-state index < -0.39 is 6.36 Å². The van der Waals surface area contributed by atoms with Gasteiger partial charge in [-0.2, -0.15) is 0 Å².